The molecule has 11 heavy (non-hydrogen) atoms. The second-order valence-corrected chi connectivity index (χ2v) is 2.45. The van der Waals surface area contributed by atoms with Gasteiger partial charge in [0, 0.05) is 20.8 Å². The first kappa shape index (κ1) is 17.4. The fourth-order valence-electron chi connectivity index (χ4n) is 0. The summed E-state index contributed by atoms with van der Waals surface area (Å²) in [6, 6.07) is 0. The van der Waals surface area contributed by atoms with E-state index in [2.05, 4.69) is 0 Å². The first-order valence-electron chi connectivity index (χ1n) is 1.33. The minimum atomic E-state index is -5.17. The van der Waals surface area contributed by atoms with Crippen LogP contribution in [-0.2, 0) is 40.3 Å². The summed E-state index contributed by atoms with van der Waals surface area (Å²) in [6.07, 6.45) is 0. The van der Waals surface area contributed by atoms with Crippen molar-refractivity contribution >= 4 is 20.8 Å². The third-order valence-corrected chi connectivity index (χ3v) is 0. The third-order valence-electron chi connectivity index (χ3n) is 0. The summed E-state index contributed by atoms with van der Waals surface area (Å²) in [5, 5.41) is 0. The molecule has 0 atom stereocenters. The van der Waals surface area contributed by atoms with Crippen LogP contribution in [0.2, 0.25) is 0 Å². The van der Waals surface area contributed by atoms with E-state index >= 15 is 0 Å². The molecular weight excluding hydrogens is 293 g/mol. The van der Waals surface area contributed by atoms with Crippen LogP contribution in [0.15, 0.2) is 0 Å². The molecule has 0 saturated carbocycles. The van der Waals surface area contributed by atoms with E-state index in [1.54, 1.807) is 0 Å². The summed E-state index contributed by atoms with van der Waals surface area (Å²) < 4.78 is 68.2. The van der Waals surface area contributed by atoms with Crippen molar-refractivity contribution in [3.63, 3.8) is 0 Å². The first-order valence-corrected chi connectivity index (χ1v) is 4.00. The summed E-state index contributed by atoms with van der Waals surface area (Å²) in [5.41, 5.74) is 0. The molecule has 0 unspecified atom stereocenters. The minimum absolute atomic E-state index is 0. The predicted octanol–water partition coefficient (Wildman–Crippen LogP) is -2.68. The zero-order valence-corrected chi connectivity index (χ0v) is 7.81. The Kier molecular flexibility index (Phi) is 9.43. The molecule has 0 saturated heterocycles. The molecule has 0 amide bonds. The molecule has 11 heteroatoms. The average molecular weight is 293 g/mol. The van der Waals surface area contributed by atoms with Gasteiger partial charge in [-0.2, -0.15) is 0 Å². The Morgan fingerprint density at radius 3 is 0.636 bits per heavy atom. The molecule has 0 aromatic heterocycles. The van der Waals surface area contributed by atoms with Crippen LogP contribution in [0.4, 0.5) is 0 Å². The predicted molar refractivity (Wildman–Crippen MR) is 20.9 cm³/mol. The van der Waals surface area contributed by atoms with Crippen molar-refractivity contribution in [2.45, 2.75) is 0 Å². The van der Waals surface area contributed by atoms with Crippen molar-refractivity contribution in [3.8, 4) is 0 Å². The molecule has 0 fully saturated rings. The standard InChI is InChI=1S/2H2O4S.Ru/c2*1-5(2,3)4;/h2*(H2,1,2,3,4);/q;;+4/p-4. The van der Waals surface area contributed by atoms with Crippen LogP contribution in [0.1, 0.15) is 0 Å². The maximum Gasteiger partial charge on any atom is 4.00 e. The van der Waals surface area contributed by atoms with Crippen LogP contribution in [0.25, 0.3) is 0 Å². The Balaban J connectivity index is -0.000000107. The Hall–Kier alpha value is 0.363. The molecule has 0 aliphatic carbocycles. The van der Waals surface area contributed by atoms with Gasteiger partial charge in [-0.3, -0.25) is 16.8 Å². The van der Waals surface area contributed by atoms with E-state index in [1.807, 2.05) is 0 Å². The van der Waals surface area contributed by atoms with E-state index < -0.39 is 20.8 Å². The van der Waals surface area contributed by atoms with Gasteiger partial charge in [0.1, 0.15) is 0 Å². The Morgan fingerprint density at radius 1 is 0.636 bits per heavy atom. The molecule has 0 radical (unpaired) electrons. The second kappa shape index (κ2) is 5.94. The molecule has 0 bridgehead atoms. The van der Waals surface area contributed by atoms with Crippen molar-refractivity contribution in [2.75, 3.05) is 0 Å². The van der Waals surface area contributed by atoms with Gasteiger partial charge in [-0.25, -0.2) is 0 Å². The fraction of sp³-hybridized carbons (Fsp3) is 0. The molecule has 0 rings (SSSR count). The van der Waals surface area contributed by atoms with Crippen LogP contribution >= 0.6 is 0 Å². The van der Waals surface area contributed by atoms with Crippen LogP contribution in [0.3, 0.4) is 0 Å². The van der Waals surface area contributed by atoms with Crippen molar-refractivity contribution in [1.82, 2.24) is 0 Å². The van der Waals surface area contributed by atoms with Gasteiger partial charge >= 0.3 is 19.5 Å². The average Bonchev–Trinajstić information content (AvgIpc) is 1.12. The van der Waals surface area contributed by atoms with Gasteiger partial charge in [-0.15, -0.1) is 0 Å². The molecule has 0 spiro atoms. The molecule has 0 aromatic rings. The molecular formula is O8RuS2. The van der Waals surface area contributed by atoms with E-state index in [-0.39, 0.29) is 19.5 Å². The Morgan fingerprint density at radius 2 is 0.636 bits per heavy atom. The van der Waals surface area contributed by atoms with Crippen molar-refractivity contribution < 1.29 is 54.5 Å². The SMILES string of the molecule is O=S(=O)([O-])[O-].O=S(=O)([O-])[O-].[Ru+4]. The molecule has 8 nitrogen and oxygen atoms in total. The van der Waals surface area contributed by atoms with E-state index in [0.29, 0.717) is 0 Å². The van der Waals surface area contributed by atoms with E-state index in [1.165, 1.54) is 0 Å². The Bertz CT molecular complexity index is 208. The van der Waals surface area contributed by atoms with Gasteiger partial charge in [-0.1, -0.05) is 0 Å². The molecule has 0 aliphatic rings. The fourth-order valence-corrected chi connectivity index (χ4v) is 0. The third kappa shape index (κ3) is 5490. The van der Waals surface area contributed by atoms with Gasteiger partial charge in [0.15, 0.2) is 0 Å². The summed E-state index contributed by atoms with van der Waals surface area (Å²) >= 11 is 0. The van der Waals surface area contributed by atoms with Gasteiger partial charge in [0.05, 0.1) is 0 Å². The molecule has 0 N–H and O–H groups in total. The summed E-state index contributed by atoms with van der Waals surface area (Å²) in [7, 11) is -10.3. The van der Waals surface area contributed by atoms with E-state index in [9.17, 15) is 0 Å². The quantitative estimate of drug-likeness (QED) is 0.265. The summed E-state index contributed by atoms with van der Waals surface area (Å²) in [5.74, 6) is 0. The molecule has 0 aliphatic heterocycles. The van der Waals surface area contributed by atoms with Crippen molar-refractivity contribution in [3.05, 3.63) is 0 Å². The maximum atomic E-state index is 8.52. The maximum absolute atomic E-state index is 8.52. The smallest absolute Gasteiger partial charge is 0.759 e. The summed E-state index contributed by atoms with van der Waals surface area (Å²) in [6.45, 7) is 0. The van der Waals surface area contributed by atoms with E-state index in [4.69, 9.17) is 35.0 Å². The first-order chi connectivity index (χ1) is 4.00. The largest absolute Gasteiger partial charge is 4.00 e. The van der Waals surface area contributed by atoms with Crippen LogP contribution in [-0.4, -0.2) is 35.0 Å². The zero-order chi connectivity index (χ0) is 9.00. The second-order valence-electron chi connectivity index (χ2n) is 0.816. The topological polar surface area (TPSA) is 161 Å². The van der Waals surface area contributed by atoms with Crippen LogP contribution in [0, 0.1) is 0 Å². The van der Waals surface area contributed by atoms with Crippen molar-refractivity contribution in [1.29, 1.82) is 0 Å². The van der Waals surface area contributed by atoms with Crippen LogP contribution < -0.4 is 0 Å². The van der Waals surface area contributed by atoms with Crippen molar-refractivity contribution in [2.24, 2.45) is 0 Å². The summed E-state index contributed by atoms with van der Waals surface area (Å²) in [4.78, 5) is 0. The monoisotopic (exact) mass is 294 g/mol. The van der Waals surface area contributed by atoms with Crippen LogP contribution in [0.5, 0.6) is 0 Å². The Labute approximate surface area is 75.5 Å². The number of hydrogen-bond donors (Lipinski definition) is 0. The minimum Gasteiger partial charge on any atom is -0.759 e. The molecule has 68 valence electrons. The van der Waals surface area contributed by atoms with Gasteiger partial charge in [0.25, 0.3) is 0 Å². The van der Waals surface area contributed by atoms with Gasteiger partial charge in [-0.05, 0) is 0 Å². The number of rotatable bonds is 0. The van der Waals surface area contributed by atoms with Gasteiger partial charge < -0.3 is 18.2 Å². The number of hydrogen-bond acceptors (Lipinski definition) is 8. The normalized spacial score (nSPS) is 10.5. The zero-order valence-electron chi connectivity index (χ0n) is 4.44. The molecule has 0 aromatic carbocycles. The molecule has 0 heterocycles. The van der Waals surface area contributed by atoms with Gasteiger partial charge in [0.2, 0.25) is 0 Å². The van der Waals surface area contributed by atoms with E-state index in [0.717, 1.165) is 0 Å².